The molecule has 4 rings (SSSR count). The summed E-state index contributed by atoms with van der Waals surface area (Å²) < 4.78 is 6.15. The molecule has 0 unspecified atom stereocenters. The predicted molar refractivity (Wildman–Crippen MR) is 121 cm³/mol. The number of hydrogen-bond donors (Lipinski definition) is 0. The highest BCUT2D eigenvalue weighted by Crippen LogP contribution is 2.46. The van der Waals surface area contributed by atoms with Crippen molar-refractivity contribution in [1.82, 2.24) is 4.98 Å². The van der Waals surface area contributed by atoms with Crippen LogP contribution in [0.3, 0.4) is 0 Å². The predicted octanol–water partition coefficient (Wildman–Crippen LogP) is 8.29. The van der Waals surface area contributed by atoms with Gasteiger partial charge in [0.2, 0.25) is 5.88 Å². The Labute approximate surface area is 189 Å². The van der Waals surface area contributed by atoms with Crippen LogP contribution in [-0.2, 0) is 0 Å². The van der Waals surface area contributed by atoms with Crippen LogP contribution in [0.15, 0.2) is 53.6 Å². The lowest BCUT2D eigenvalue weighted by molar-refractivity contribution is 0.0670. The van der Waals surface area contributed by atoms with Gasteiger partial charge in [0.15, 0.2) is 0 Å². The van der Waals surface area contributed by atoms with Crippen molar-refractivity contribution >= 4 is 34.8 Å². The summed E-state index contributed by atoms with van der Waals surface area (Å²) in [5, 5.41) is 5.65. The van der Waals surface area contributed by atoms with Gasteiger partial charge in [0.25, 0.3) is 0 Å². The first-order chi connectivity index (χ1) is 14.3. The molecule has 30 heavy (non-hydrogen) atoms. The molecule has 1 aromatic heterocycles. The highest BCUT2D eigenvalue weighted by molar-refractivity contribution is 6.36. The van der Waals surface area contributed by atoms with Gasteiger partial charge in [-0.25, -0.2) is 4.98 Å². The van der Waals surface area contributed by atoms with Gasteiger partial charge in [-0.15, -0.1) is 0 Å². The van der Waals surface area contributed by atoms with Crippen molar-refractivity contribution in [3.63, 3.8) is 0 Å². The third-order valence-corrected chi connectivity index (χ3v) is 5.76. The summed E-state index contributed by atoms with van der Waals surface area (Å²) >= 11 is 18.7. The van der Waals surface area contributed by atoms with Gasteiger partial charge in [0.05, 0.1) is 16.8 Å². The standard InChI is InChI=1S/C22H17Cl3N4O/c1-22(2)11-19(28-29-26)17-10-16(12-3-5-13(23)6-4-12)20(27-21(17)30-22)15-8-7-14(24)9-18(15)25/h3-10,19H,11H2,1-2H3/t19-/m1/s1. The van der Waals surface area contributed by atoms with Gasteiger partial charge < -0.3 is 4.74 Å². The van der Waals surface area contributed by atoms with Gasteiger partial charge in [-0.2, -0.15) is 0 Å². The summed E-state index contributed by atoms with van der Waals surface area (Å²) in [4.78, 5) is 7.87. The molecule has 2 aromatic carbocycles. The smallest absolute Gasteiger partial charge is 0.218 e. The van der Waals surface area contributed by atoms with E-state index in [1.54, 1.807) is 12.1 Å². The van der Waals surface area contributed by atoms with Crippen molar-refractivity contribution < 1.29 is 4.74 Å². The van der Waals surface area contributed by atoms with Gasteiger partial charge in [-0.05, 0) is 67.8 Å². The van der Waals surface area contributed by atoms with Crippen LogP contribution in [0.4, 0.5) is 0 Å². The second-order valence-electron chi connectivity index (χ2n) is 7.70. The Balaban J connectivity index is 2.00. The Morgan fingerprint density at radius 3 is 2.40 bits per heavy atom. The summed E-state index contributed by atoms with van der Waals surface area (Å²) in [7, 11) is 0. The second kappa shape index (κ2) is 8.01. The summed E-state index contributed by atoms with van der Waals surface area (Å²) in [5.41, 5.74) is 12.4. The molecule has 0 fully saturated rings. The maximum absolute atomic E-state index is 9.08. The largest absolute Gasteiger partial charge is 0.471 e. The maximum atomic E-state index is 9.08. The lowest BCUT2D eigenvalue weighted by Gasteiger charge is -2.35. The average Bonchev–Trinajstić information content (AvgIpc) is 2.67. The molecule has 1 aliphatic rings. The van der Waals surface area contributed by atoms with E-state index in [0.29, 0.717) is 33.1 Å². The number of aromatic nitrogens is 1. The highest BCUT2D eigenvalue weighted by Gasteiger charge is 2.35. The lowest BCUT2D eigenvalue weighted by atomic mass is 9.89. The molecule has 0 aliphatic carbocycles. The topological polar surface area (TPSA) is 70.9 Å². The van der Waals surface area contributed by atoms with Crippen LogP contribution in [-0.4, -0.2) is 10.6 Å². The zero-order chi connectivity index (χ0) is 21.5. The van der Waals surface area contributed by atoms with Crippen LogP contribution < -0.4 is 4.74 Å². The van der Waals surface area contributed by atoms with Crippen molar-refractivity contribution in [3.05, 3.63) is 79.6 Å². The number of halogens is 3. The Morgan fingerprint density at radius 1 is 1.03 bits per heavy atom. The van der Waals surface area contributed by atoms with Gasteiger partial charge in [0, 0.05) is 31.6 Å². The molecule has 3 aromatic rings. The number of nitrogens with zero attached hydrogens (tertiary/aromatic N) is 4. The van der Waals surface area contributed by atoms with Crippen LogP contribution in [0.2, 0.25) is 15.1 Å². The van der Waals surface area contributed by atoms with Gasteiger partial charge in [-0.3, -0.25) is 0 Å². The Bertz CT molecular complexity index is 1170. The molecule has 0 spiro atoms. The first-order valence-electron chi connectivity index (χ1n) is 9.27. The molecule has 0 bridgehead atoms. The van der Waals surface area contributed by atoms with Crippen molar-refractivity contribution in [2.75, 3.05) is 0 Å². The third-order valence-electron chi connectivity index (χ3n) is 4.96. The average molecular weight is 460 g/mol. The molecule has 8 heteroatoms. The van der Waals surface area contributed by atoms with Crippen molar-refractivity contribution in [3.8, 4) is 28.3 Å². The minimum Gasteiger partial charge on any atom is -0.471 e. The third kappa shape index (κ3) is 4.07. The number of azide groups is 1. The van der Waals surface area contributed by atoms with Crippen LogP contribution in [0, 0.1) is 0 Å². The summed E-state index contributed by atoms with van der Waals surface area (Å²) in [6.45, 7) is 3.89. The Hall–Kier alpha value is -2.43. The minimum atomic E-state index is -0.526. The SMILES string of the molecule is CC1(C)C[C@@H](N=[N+]=[N-])c2cc(-c3ccc(Cl)cc3)c(-c3ccc(Cl)cc3Cl)nc2O1. The molecule has 0 saturated carbocycles. The number of ether oxygens (including phenoxy) is 1. The van der Waals surface area contributed by atoms with Crippen LogP contribution in [0.5, 0.6) is 5.88 Å². The number of rotatable bonds is 3. The van der Waals surface area contributed by atoms with Crippen LogP contribution in [0.1, 0.15) is 31.9 Å². The molecule has 1 atom stereocenters. The van der Waals surface area contributed by atoms with Crippen molar-refractivity contribution in [1.29, 1.82) is 0 Å². The summed E-state index contributed by atoms with van der Waals surface area (Å²) in [6, 6.07) is 14.3. The van der Waals surface area contributed by atoms with Gasteiger partial charge >= 0.3 is 0 Å². The Kier molecular flexibility index (Phi) is 5.56. The van der Waals surface area contributed by atoms with E-state index in [-0.39, 0.29) is 6.04 Å². The first kappa shape index (κ1) is 20.8. The van der Waals surface area contributed by atoms with Crippen molar-refractivity contribution in [2.45, 2.75) is 31.9 Å². The molecule has 152 valence electrons. The molecular formula is C22H17Cl3N4O. The minimum absolute atomic E-state index is 0.387. The van der Waals surface area contributed by atoms with Crippen LogP contribution >= 0.6 is 34.8 Å². The molecule has 2 heterocycles. The first-order valence-corrected chi connectivity index (χ1v) is 10.4. The highest BCUT2D eigenvalue weighted by atomic mass is 35.5. The molecular weight excluding hydrogens is 443 g/mol. The van der Waals surface area contributed by atoms with Crippen LogP contribution in [0.25, 0.3) is 32.8 Å². The van der Waals surface area contributed by atoms with E-state index in [2.05, 4.69) is 10.0 Å². The normalized spacial score (nSPS) is 16.9. The number of pyridine rings is 1. The molecule has 1 aliphatic heterocycles. The summed E-state index contributed by atoms with van der Waals surface area (Å²) in [6.07, 6.45) is 0.548. The maximum Gasteiger partial charge on any atom is 0.218 e. The second-order valence-corrected chi connectivity index (χ2v) is 8.98. The van der Waals surface area contributed by atoms with Gasteiger partial charge in [-0.1, -0.05) is 52.0 Å². The fourth-order valence-electron chi connectivity index (χ4n) is 3.61. The number of hydrogen-bond acceptors (Lipinski definition) is 3. The Morgan fingerprint density at radius 2 is 1.73 bits per heavy atom. The van der Waals surface area contributed by atoms with E-state index in [4.69, 9.17) is 50.1 Å². The molecule has 0 saturated heterocycles. The molecule has 0 radical (unpaired) electrons. The quantitative estimate of drug-likeness (QED) is 0.224. The van der Waals surface area contributed by atoms with E-state index in [1.165, 1.54) is 0 Å². The molecule has 0 N–H and O–H groups in total. The molecule has 5 nitrogen and oxygen atoms in total. The molecule has 0 amide bonds. The van der Waals surface area contributed by atoms with E-state index < -0.39 is 5.60 Å². The number of fused-ring (bicyclic) bond motifs is 1. The van der Waals surface area contributed by atoms with E-state index in [0.717, 1.165) is 22.3 Å². The van der Waals surface area contributed by atoms with Gasteiger partial charge in [0.1, 0.15) is 5.60 Å². The number of benzene rings is 2. The summed E-state index contributed by atoms with van der Waals surface area (Å²) in [5.74, 6) is 0.433. The zero-order valence-electron chi connectivity index (χ0n) is 16.2. The lowest BCUT2D eigenvalue weighted by Crippen LogP contribution is -2.35. The fraction of sp³-hybridized carbons (Fsp3) is 0.227. The van der Waals surface area contributed by atoms with E-state index in [1.807, 2.05) is 50.2 Å². The van der Waals surface area contributed by atoms with Crippen molar-refractivity contribution in [2.24, 2.45) is 5.11 Å². The van der Waals surface area contributed by atoms with E-state index in [9.17, 15) is 0 Å². The van der Waals surface area contributed by atoms with E-state index >= 15 is 0 Å². The zero-order valence-corrected chi connectivity index (χ0v) is 18.5. The monoisotopic (exact) mass is 458 g/mol. The fourth-order valence-corrected chi connectivity index (χ4v) is 4.24.